The quantitative estimate of drug-likeness (QED) is 0.403. The fourth-order valence-corrected chi connectivity index (χ4v) is 4.51. The van der Waals surface area contributed by atoms with Gasteiger partial charge in [0.05, 0.1) is 25.3 Å². The minimum absolute atomic E-state index is 0.129. The summed E-state index contributed by atoms with van der Waals surface area (Å²) < 4.78 is 4.77. The van der Waals surface area contributed by atoms with Crippen LogP contribution in [0.5, 0.6) is 0 Å². The zero-order chi connectivity index (χ0) is 23.1. The number of anilines is 2. The number of rotatable bonds is 4. The summed E-state index contributed by atoms with van der Waals surface area (Å²) in [4.78, 5) is 38.6. The molecule has 4 aliphatic rings. The molecule has 5 rings (SSSR count). The van der Waals surface area contributed by atoms with E-state index in [1.165, 1.54) is 7.11 Å². The summed E-state index contributed by atoms with van der Waals surface area (Å²) in [6.07, 6.45) is 7.40. The number of nitrogens with one attached hydrogen (secondary N) is 3. The van der Waals surface area contributed by atoms with Crippen LogP contribution in [-0.4, -0.2) is 60.6 Å². The maximum absolute atomic E-state index is 12.7. The Labute approximate surface area is 190 Å². The van der Waals surface area contributed by atoms with E-state index in [9.17, 15) is 19.5 Å². The summed E-state index contributed by atoms with van der Waals surface area (Å²) in [6.45, 7) is 1.29. The normalized spacial score (nSPS) is 23.9. The van der Waals surface area contributed by atoms with Crippen LogP contribution in [0.25, 0.3) is 6.08 Å². The number of fused-ring (bicyclic) bond motifs is 2. The number of amides is 2. The monoisotopic (exact) mass is 448 g/mol. The maximum atomic E-state index is 12.7. The SMILES string of the molecule is COC(=O)C1=CCC2C(=C1)NC(=O)/C2=C1/C=Cc2cc(NC(=O)CN3CC(O)C3)ccc2N1. The van der Waals surface area contributed by atoms with Crippen LogP contribution in [0, 0.1) is 5.92 Å². The maximum Gasteiger partial charge on any atom is 0.337 e. The van der Waals surface area contributed by atoms with Crippen LogP contribution in [0.4, 0.5) is 11.4 Å². The number of carbonyl (C=O) groups is 3. The summed E-state index contributed by atoms with van der Waals surface area (Å²) in [5.74, 6) is -0.901. The zero-order valence-corrected chi connectivity index (χ0v) is 18.1. The van der Waals surface area contributed by atoms with Crippen molar-refractivity contribution in [2.75, 3.05) is 37.4 Å². The predicted octanol–water partition coefficient (Wildman–Crippen LogP) is 1.13. The lowest BCUT2D eigenvalue weighted by Crippen LogP contribution is -2.53. The Kier molecular flexibility index (Phi) is 5.35. The Morgan fingerprint density at radius 3 is 2.82 bits per heavy atom. The molecule has 3 aliphatic heterocycles. The third-order valence-electron chi connectivity index (χ3n) is 6.16. The molecule has 4 N–H and O–H groups in total. The third kappa shape index (κ3) is 4.08. The van der Waals surface area contributed by atoms with Crippen LogP contribution in [0.15, 0.2) is 59.0 Å². The minimum atomic E-state index is -0.425. The van der Waals surface area contributed by atoms with Crippen molar-refractivity contribution in [1.82, 2.24) is 10.2 Å². The molecule has 2 saturated heterocycles. The van der Waals surface area contributed by atoms with Gasteiger partial charge in [-0.05, 0) is 36.8 Å². The average molecular weight is 448 g/mol. The van der Waals surface area contributed by atoms with Gasteiger partial charge in [-0.1, -0.05) is 12.2 Å². The van der Waals surface area contributed by atoms with Crippen molar-refractivity contribution < 1.29 is 24.2 Å². The van der Waals surface area contributed by atoms with Crippen LogP contribution in [-0.2, 0) is 19.1 Å². The molecule has 0 bridgehead atoms. The standard InChI is InChI=1S/C24H24N4O5/c1-33-24(32)14-2-5-17-20(9-14)27-23(31)22(17)19-6-3-13-8-15(4-7-18(13)26-19)25-21(30)12-28-10-16(29)11-28/h2-4,6-9,16-17,26,29H,5,10-12H2,1H3,(H,25,30)(H,27,31)/b22-19-. The van der Waals surface area contributed by atoms with Gasteiger partial charge in [0.2, 0.25) is 5.91 Å². The van der Waals surface area contributed by atoms with Gasteiger partial charge in [0.25, 0.3) is 5.91 Å². The lowest BCUT2D eigenvalue weighted by atomic mass is 9.88. The molecule has 0 spiro atoms. The van der Waals surface area contributed by atoms with Crippen molar-refractivity contribution in [3.05, 3.63) is 64.5 Å². The van der Waals surface area contributed by atoms with E-state index in [0.29, 0.717) is 47.7 Å². The third-order valence-corrected chi connectivity index (χ3v) is 6.16. The van der Waals surface area contributed by atoms with E-state index in [-0.39, 0.29) is 30.4 Å². The lowest BCUT2D eigenvalue weighted by molar-refractivity contribution is -0.135. The number of nitrogens with zero attached hydrogens (tertiary/aromatic N) is 1. The fourth-order valence-electron chi connectivity index (χ4n) is 4.51. The second-order valence-electron chi connectivity index (χ2n) is 8.48. The van der Waals surface area contributed by atoms with E-state index in [0.717, 1.165) is 11.3 Å². The molecule has 0 radical (unpaired) electrons. The average Bonchev–Trinajstić information content (AvgIpc) is 3.12. The van der Waals surface area contributed by atoms with Gasteiger partial charge in [-0.3, -0.25) is 14.5 Å². The first-order valence-corrected chi connectivity index (χ1v) is 10.8. The van der Waals surface area contributed by atoms with E-state index in [2.05, 4.69) is 16.0 Å². The van der Waals surface area contributed by atoms with E-state index in [4.69, 9.17) is 4.74 Å². The van der Waals surface area contributed by atoms with Crippen LogP contribution in [0.2, 0.25) is 0 Å². The number of aliphatic hydroxyl groups is 1. The highest BCUT2D eigenvalue weighted by atomic mass is 16.5. The molecule has 1 aromatic carbocycles. The molecule has 33 heavy (non-hydrogen) atoms. The van der Waals surface area contributed by atoms with Gasteiger partial charge in [0.1, 0.15) is 0 Å². The Morgan fingerprint density at radius 2 is 2.06 bits per heavy atom. The van der Waals surface area contributed by atoms with Gasteiger partial charge in [-0.25, -0.2) is 4.79 Å². The number of benzene rings is 1. The van der Waals surface area contributed by atoms with Crippen LogP contribution >= 0.6 is 0 Å². The summed E-state index contributed by atoms with van der Waals surface area (Å²) in [5.41, 5.74) is 4.86. The van der Waals surface area contributed by atoms with Crippen molar-refractivity contribution in [2.24, 2.45) is 5.92 Å². The molecule has 170 valence electrons. The van der Waals surface area contributed by atoms with Gasteiger partial charge in [0.15, 0.2) is 0 Å². The Balaban J connectivity index is 1.31. The molecule has 1 atom stereocenters. The van der Waals surface area contributed by atoms with Gasteiger partial charge in [-0.15, -0.1) is 0 Å². The van der Waals surface area contributed by atoms with E-state index >= 15 is 0 Å². The lowest BCUT2D eigenvalue weighted by Gasteiger charge is -2.35. The smallest absolute Gasteiger partial charge is 0.337 e. The Morgan fingerprint density at radius 1 is 1.24 bits per heavy atom. The van der Waals surface area contributed by atoms with E-state index in [1.54, 1.807) is 12.2 Å². The summed E-state index contributed by atoms with van der Waals surface area (Å²) in [6, 6.07) is 5.54. The molecule has 0 saturated carbocycles. The van der Waals surface area contributed by atoms with Crippen LogP contribution < -0.4 is 16.0 Å². The number of allylic oxidation sites excluding steroid dienone is 3. The van der Waals surface area contributed by atoms with Crippen LogP contribution in [0.1, 0.15) is 12.0 Å². The second kappa shape index (κ2) is 8.34. The van der Waals surface area contributed by atoms with Crippen molar-refractivity contribution in [3.63, 3.8) is 0 Å². The van der Waals surface area contributed by atoms with Crippen molar-refractivity contribution in [1.29, 1.82) is 0 Å². The molecular weight excluding hydrogens is 424 g/mol. The van der Waals surface area contributed by atoms with Gasteiger partial charge >= 0.3 is 5.97 Å². The number of hydrogen-bond donors (Lipinski definition) is 4. The van der Waals surface area contributed by atoms with Gasteiger partial charge in [0, 0.05) is 52.9 Å². The molecule has 1 aromatic rings. The molecule has 1 aliphatic carbocycles. The number of esters is 1. The first kappa shape index (κ1) is 21.2. The molecule has 1 unspecified atom stereocenters. The number of β-amino-alcohol motifs (C(OH)–C–C–N with tert-alkyl or cyclic N) is 1. The summed E-state index contributed by atoms with van der Waals surface area (Å²) in [7, 11) is 1.33. The number of likely N-dealkylation sites (tertiary alicyclic amines) is 1. The zero-order valence-electron chi connectivity index (χ0n) is 18.1. The minimum Gasteiger partial charge on any atom is -0.465 e. The molecular formula is C24H24N4O5. The number of aliphatic hydroxyl groups excluding tert-OH is 1. The first-order chi connectivity index (χ1) is 15.9. The number of carbonyl (C=O) groups excluding carboxylic acids is 3. The second-order valence-corrected chi connectivity index (χ2v) is 8.48. The first-order valence-electron chi connectivity index (χ1n) is 10.8. The molecule has 9 heteroatoms. The van der Waals surface area contributed by atoms with E-state index < -0.39 is 5.97 Å². The van der Waals surface area contributed by atoms with Crippen molar-refractivity contribution >= 4 is 35.2 Å². The van der Waals surface area contributed by atoms with Gasteiger partial charge in [-0.2, -0.15) is 0 Å². The van der Waals surface area contributed by atoms with Crippen molar-refractivity contribution in [2.45, 2.75) is 12.5 Å². The topological polar surface area (TPSA) is 120 Å². The molecule has 2 amide bonds. The predicted molar refractivity (Wildman–Crippen MR) is 122 cm³/mol. The van der Waals surface area contributed by atoms with Crippen LogP contribution in [0.3, 0.4) is 0 Å². The molecule has 0 aromatic heterocycles. The number of methoxy groups -OCH3 is 1. The molecule has 3 heterocycles. The largest absolute Gasteiger partial charge is 0.465 e. The Hall–Kier alpha value is -3.69. The number of ether oxygens (including phenoxy) is 1. The van der Waals surface area contributed by atoms with Crippen molar-refractivity contribution in [3.8, 4) is 0 Å². The number of hydrogen-bond acceptors (Lipinski definition) is 7. The molecule has 2 fully saturated rings. The summed E-state index contributed by atoms with van der Waals surface area (Å²) in [5, 5.41) is 18.4. The highest BCUT2D eigenvalue weighted by Crippen LogP contribution is 2.38. The van der Waals surface area contributed by atoms with Gasteiger partial charge < -0.3 is 25.8 Å². The summed E-state index contributed by atoms with van der Waals surface area (Å²) >= 11 is 0. The highest BCUT2D eigenvalue weighted by molar-refractivity contribution is 6.03. The van der Waals surface area contributed by atoms with E-state index in [1.807, 2.05) is 35.3 Å². The highest BCUT2D eigenvalue weighted by Gasteiger charge is 2.37. The fraction of sp³-hybridized carbons (Fsp3) is 0.292. The molecule has 9 nitrogen and oxygen atoms in total. The Bertz CT molecular complexity index is 1170.